The zero-order valence-electron chi connectivity index (χ0n) is 13.6. The Labute approximate surface area is 127 Å². The lowest BCUT2D eigenvalue weighted by atomic mass is 9.97. The van der Waals surface area contributed by atoms with Crippen molar-refractivity contribution in [3.05, 3.63) is 58.9 Å². The lowest BCUT2D eigenvalue weighted by Crippen LogP contribution is -2.38. The van der Waals surface area contributed by atoms with Gasteiger partial charge in [-0.05, 0) is 46.0 Å². The summed E-state index contributed by atoms with van der Waals surface area (Å²) in [6.45, 7) is 4.04. The zero-order chi connectivity index (χ0) is 15.6. The summed E-state index contributed by atoms with van der Waals surface area (Å²) in [6, 6.07) is 12.1. The molecular formula is C18H24N2O. The molecule has 0 saturated carbocycles. The predicted molar refractivity (Wildman–Crippen MR) is 86.8 cm³/mol. The van der Waals surface area contributed by atoms with Crippen molar-refractivity contribution in [1.29, 1.82) is 0 Å². The minimum atomic E-state index is -0.132. The maximum absolute atomic E-state index is 12.9. The number of ketones is 1. The van der Waals surface area contributed by atoms with Crippen LogP contribution in [0.25, 0.3) is 0 Å². The van der Waals surface area contributed by atoms with Gasteiger partial charge in [-0.25, -0.2) is 0 Å². The Hall–Kier alpha value is -1.87. The van der Waals surface area contributed by atoms with Gasteiger partial charge in [-0.3, -0.25) is 9.69 Å². The standard InChI is InChI=1S/C18H24N2O/c1-13-11-16(14(2)20(13)5)18(21)17(19(3)4)12-15-9-7-6-8-10-15/h6-11,17H,12H2,1-5H3/t17-/m0/s1. The predicted octanol–water partition coefficient (Wildman–Crippen LogP) is 3.00. The number of hydrogen-bond acceptors (Lipinski definition) is 2. The highest BCUT2D eigenvalue weighted by Crippen LogP contribution is 2.19. The van der Waals surface area contributed by atoms with Crippen LogP contribution in [0.4, 0.5) is 0 Å². The molecule has 0 saturated heterocycles. The first-order chi connectivity index (χ1) is 9.91. The first-order valence-electron chi connectivity index (χ1n) is 7.29. The molecule has 0 aliphatic rings. The number of Topliss-reactive ketones (excluding diaryl/α,β-unsaturated/α-hetero) is 1. The van der Waals surface area contributed by atoms with Crippen LogP contribution in [0.5, 0.6) is 0 Å². The van der Waals surface area contributed by atoms with E-state index in [2.05, 4.69) is 16.7 Å². The van der Waals surface area contributed by atoms with Gasteiger partial charge in [-0.1, -0.05) is 30.3 Å². The molecule has 2 aromatic rings. The van der Waals surface area contributed by atoms with E-state index in [4.69, 9.17) is 0 Å². The smallest absolute Gasteiger partial charge is 0.182 e. The van der Waals surface area contributed by atoms with Gasteiger partial charge in [0, 0.05) is 24.0 Å². The molecule has 0 bridgehead atoms. The molecule has 0 N–H and O–H groups in total. The summed E-state index contributed by atoms with van der Waals surface area (Å²) in [6.07, 6.45) is 0.736. The number of rotatable bonds is 5. The molecule has 112 valence electrons. The second-order valence-corrected chi connectivity index (χ2v) is 5.88. The van der Waals surface area contributed by atoms with Crippen molar-refractivity contribution in [3.8, 4) is 0 Å². The summed E-state index contributed by atoms with van der Waals surface area (Å²) < 4.78 is 2.07. The molecule has 0 aliphatic carbocycles. The van der Waals surface area contributed by atoms with E-state index >= 15 is 0 Å². The van der Waals surface area contributed by atoms with Crippen LogP contribution in [0.3, 0.4) is 0 Å². The van der Waals surface area contributed by atoms with E-state index in [1.165, 1.54) is 5.56 Å². The van der Waals surface area contributed by atoms with E-state index in [1.807, 2.05) is 64.2 Å². The van der Waals surface area contributed by atoms with Crippen LogP contribution in [0.1, 0.15) is 27.3 Å². The normalized spacial score (nSPS) is 12.7. The van der Waals surface area contributed by atoms with Gasteiger partial charge < -0.3 is 4.57 Å². The van der Waals surface area contributed by atoms with Crippen LogP contribution >= 0.6 is 0 Å². The molecule has 0 fully saturated rings. The quantitative estimate of drug-likeness (QED) is 0.789. The third kappa shape index (κ3) is 3.24. The molecule has 0 radical (unpaired) electrons. The van der Waals surface area contributed by atoms with E-state index in [9.17, 15) is 4.79 Å². The molecule has 2 rings (SSSR count). The maximum Gasteiger partial charge on any atom is 0.182 e. The maximum atomic E-state index is 12.9. The Bertz CT molecular complexity index is 626. The molecule has 3 nitrogen and oxygen atoms in total. The van der Waals surface area contributed by atoms with Crippen molar-refractivity contribution in [2.75, 3.05) is 14.1 Å². The second kappa shape index (κ2) is 6.27. The van der Waals surface area contributed by atoms with Crippen molar-refractivity contribution < 1.29 is 4.79 Å². The molecule has 1 heterocycles. The van der Waals surface area contributed by atoms with Gasteiger partial charge in [0.05, 0.1) is 6.04 Å². The highest BCUT2D eigenvalue weighted by Gasteiger charge is 2.25. The summed E-state index contributed by atoms with van der Waals surface area (Å²) in [4.78, 5) is 14.9. The summed E-state index contributed by atoms with van der Waals surface area (Å²) in [5, 5.41) is 0. The summed E-state index contributed by atoms with van der Waals surface area (Å²) in [5.41, 5.74) is 4.19. The van der Waals surface area contributed by atoms with Gasteiger partial charge in [0.1, 0.15) is 0 Å². The number of aromatic nitrogens is 1. The Morgan fingerprint density at radius 1 is 1.19 bits per heavy atom. The minimum absolute atomic E-state index is 0.132. The first-order valence-corrected chi connectivity index (χ1v) is 7.29. The number of carbonyl (C=O) groups is 1. The largest absolute Gasteiger partial charge is 0.351 e. The highest BCUT2D eigenvalue weighted by molar-refractivity contribution is 6.01. The van der Waals surface area contributed by atoms with Gasteiger partial charge >= 0.3 is 0 Å². The lowest BCUT2D eigenvalue weighted by Gasteiger charge is -2.23. The van der Waals surface area contributed by atoms with E-state index in [0.29, 0.717) is 0 Å². The van der Waals surface area contributed by atoms with Crippen molar-refractivity contribution in [2.45, 2.75) is 26.3 Å². The van der Waals surface area contributed by atoms with Gasteiger partial charge in [-0.2, -0.15) is 0 Å². The minimum Gasteiger partial charge on any atom is -0.351 e. The van der Waals surface area contributed by atoms with Crippen molar-refractivity contribution in [2.24, 2.45) is 7.05 Å². The molecule has 3 heteroatoms. The number of benzene rings is 1. The third-order valence-electron chi connectivity index (χ3n) is 4.24. The fourth-order valence-corrected chi connectivity index (χ4v) is 2.63. The first kappa shape index (κ1) is 15.5. The number of carbonyl (C=O) groups excluding carboxylic acids is 1. The van der Waals surface area contributed by atoms with Crippen LogP contribution in [-0.2, 0) is 13.5 Å². The van der Waals surface area contributed by atoms with Gasteiger partial charge in [0.15, 0.2) is 5.78 Å². The van der Waals surface area contributed by atoms with E-state index in [-0.39, 0.29) is 11.8 Å². The van der Waals surface area contributed by atoms with Gasteiger partial charge in [0.25, 0.3) is 0 Å². The number of hydrogen-bond donors (Lipinski definition) is 0. The summed E-state index contributed by atoms with van der Waals surface area (Å²) in [7, 11) is 5.94. The van der Waals surface area contributed by atoms with Crippen LogP contribution in [0.2, 0.25) is 0 Å². The molecule has 0 aliphatic heterocycles. The monoisotopic (exact) mass is 284 g/mol. The Balaban J connectivity index is 2.30. The molecule has 21 heavy (non-hydrogen) atoms. The Morgan fingerprint density at radius 3 is 2.29 bits per heavy atom. The van der Waals surface area contributed by atoms with E-state index in [1.54, 1.807) is 0 Å². The van der Waals surface area contributed by atoms with Gasteiger partial charge in [-0.15, -0.1) is 0 Å². The fraction of sp³-hybridized carbons (Fsp3) is 0.389. The summed E-state index contributed by atoms with van der Waals surface area (Å²) in [5.74, 6) is 0.199. The summed E-state index contributed by atoms with van der Waals surface area (Å²) >= 11 is 0. The fourth-order valence-electron chi connectivity index (χ4n) is 2.63. The zero-order valence-corrected chi connectivity index (χ0v) is 13.6. The number of aryl methyl sites for hydroxylation is 1. The SMILES string of the molecule is Cc1cc(C(=O)[C@H](Cc2ccccc2)N(C)C)c(C)n1C. The van der Waals surface area contributed by atoms with Crippen LogP contribution in [0.15, 0.2) is 36.4 Å². The molecule has 0 unspecified atom stereocenters. The molecule has 1 atom stereocenters. The van der Waals surface area contributed by atoms with Crippen molar-refractivity contribution >= 4 is 5.78 Å². The molecule has 1 aromatic heterocycles. The van der Waals surface area contributed by atoms with Crippen LogP contribution in [0, 0.1) is 13.8 Å². The van der Waals surface area contributed by atoms with Crippen LogP contribution in [-0.4, -0.2) is 35.4 Å². The number of likely N-dealkylation sites (N-methyl/N-ethyl adjacent to an activating group) is 1. The van der Waals surface area contributed by atoms with Crippen LogP contribution < -0.4 is 0 Å². The van der Waals surface area contributed by atoms with E-state index < -0.39 is 0 Å². The molecule has 1 aromatic carbocycles. The lowest BCUT2D eigenvalue weighted by molar-refractivity contribution is 0.0874. The second-order valence-electron chi connectivity index (χ2n) is 5.88. The average molecular weight is 284 g/mol. The van der Waals surface area contributed by atoms with Crippen molar-refractivity contribution in [1.82, 2.24) is 9.47 Å². The molecular weight excluding hydrogens is 260 g/mol. The Morgan fingerprint density at radius 2 is 1.81 bits per heavy atom. The topological polar surface area (TPSA) is 25.2 Å². The van der Waals surface area contributed by atoms with Crippen molar-refractivity contribution in [3.63, 3.8) is 0 Å². The molecule has 0 amide bonds. The number of nitrogens with zero attached hydrogens (tertiary/aromatic N) is 2. The third-order valence-corrected chi connectivity index (χ3v) is 4.24. The Kier molecular flexibility index (Phi) is 4.63. The van der Waals surface area contributed by atoms with E-state index in [0.717, 1.165) is 23.4 Å². The molecule has 0 spiro atoms. The van der Waals surface area contributed by atoms with Gasteiger partial charge in [0.2, 0.25) is 0 Å². The highest BCUT2D eigenvalue weighted by atomic mass is 16.1. The average Bonchev–Trinajstić information content (AvgIpc) is 2.72.